The highest BCUT2D eigenvalue weighted by molar-refractivity contribution is 5.15. The van der Waals surface area contributed by atoms with Crippen LogP contribution >= 0.6 is 0 Å². The second-order valence-electron chi connectivity index (χ2n) is 4.53. The molecule has 0 aromatic carbocycles. The zero-order chi connectivity index (χ0) is 11.4. The standard InChI is InChI=1S/C13H20N2O/c1-2-3-8-15-9-4-5-12(15)11-6-7-13(16)14-10-11/h6-7,10,12H,2-5,8-9H2,1H3,(H,14,16). The Hall–Kier alpha value is -1.09. The Morgan fingerprint density at radius 3 is 3.06 bits per heavy atom. The summed E-state index contributed by atoms with van der Waals surface area (Å²) in [7, 11) is 0. The van der Waals surface area contributed by atoms with Crippen molar-refractivity contribution in [2.45, 2.75) is 38.6 Å². The van der Waals surface area contributed by atoms with Crippen molar-refractivity contribution in [3.05, 3.63) is 34.2 Å². The molecule has 1 aromatic rings. The fourth-order valence-electron chi connectivity index (χ4n) is 2.46. The van der Waals surface area contributed by atoms with Gasteiger partial charge in [-0.2, -0.15) is 0 Å². The zero-order valence-corrected chi connectivity index (χ0v) is 9.91. The largest absolute Gasteiger partial charge is 0.329 e. The van der Waals surface area contributed by atoms with Crippen molar-refractivity contribution in [3.8, 4) is 0 Å². The van der Waals surface area contributed by atoms with Gasteiger partial charge in [0.25, 0.3) is 0 Å². The lowest BCUT2D eigenvalue weighted by Gasteiger charge is -2.24. The number of aromatic amines is 1. The predicted octanol–water partition coefficient (Wildman–Crippen LogP) is 2.31. The van der Waals surface area contributed by atoms with E-state index in [1.54, 1.807) is 6.07 Å². The Bertz CT molecular complexity index is 365. The normalized spacial score (nSPS) is 21.4. The number of unbranched alkanes of at least 4 members (excludes halogenated alkanes) is 1. The molecule has 1 N–H and O–H groups in total. The topological polar surface area (TPSA) is 36.1 Å². The lowest BCUT2D eigenvalue weighted by atomic mass is 10.1. The molecule has 3 nitrogen and oxygen atoms in total. The Labute approximate surface area is 96.5 Å². The van der Waals surface area contributed by atoms with E-state index in [2.05, 4.69) is 16.8 Å². The number of likely N-dealkylation sites (tertiary alicyclic amines) is 1. The molecule has 0 bridgehead atoms. The van der Waals surface area contributed by atoms with Crippen LogP contribution in [0.2, 0.25) is 0 Å². The summed E-state index contributed by atoms with van der Waals surface area (Å²) in [6.07, 6.45) is 6.87. The van der Waals surface area contributed by atoms with E-state index in [0.717, 1.165) is 0 Å². The van der Waals surface area contributed by atoms with Gasteiger partial charge in [0.15, 0.2) is 0 Å². The van der Waals surface area contributed by atoms with Crippen molar-refractivity contribution in [2.24, 2.45) is 0 Å². The minimum atomic E-state index is -0.0122. The van der Waals surface area contributed by atoms with E-state index < -0.39 is 0 Å². The highest BCUT2D eigenvalue weighted by Crippen LogP contribution is 2.31. The van der Waals surface area contributed by atoms with E-state index >= 15 is 0 Å². The van der Waals surface area contributed by atoms with Crippen LogP contribution in [-0.2, 0) is 0 Å². The van der Waals surface area contributed by atoms with E-state index in [4.69, 9.17) is 0 Å². The summed E-state index contributed by atoms with van der Waals surface area (Å²) in [5.74, 6) is 0. The minimum Gasteiger partial charge on any atom is -0.329 e. The maximum Gasteiger partial charge on any atom is 0.247 e. The third-order valence-corrected chi connectivity index (χ3v) is 3.36. The summed E-state index contributed by atoms with van der Waals surface area (Å²) in [4.78, 5) is 16.3. The first-order chi connectivity index (χ1) is 7.81. The second kappa shape index (κ2) is 5.30. The molecule has 88 valence electrons. The third kappa shape index (κ3) is 2.53. The zero-order valence-electron chi connectivity index (χ0n) is 9.91. The molecule has 1 aromatic heterocycles. The van der Waals surface area contributed by atoms with Crippen molar-refractivity contribution in [2.75, 3.05) is 13.1 Å². The van der Waals surface area contributed by atoms with Crippen LogP contribution < -0.4 is 5.56 Å². The molecule has 16 heavy (non-hydrogen) atoms. The number of hydrogen-bond donors (Lipinski definition) is 1. The van der Waals surface area contributed by atoms with Crippen LogP contribution in [0, 0.1) is 0 Å². The number of pyridine rings is 1. The molecule has 0 spiro atoms. The van der Waals surface area contributed by atoms with Crippen molar-refractivity contribution in [3.63, 3.8) is 0 Å². The van der Waals surface area contributed by atoms with Crippen LogP contribution in [0.5, 0.6) is 0 Å². The van der Waals surface area contributed by atoms with E-state index in [0.29, 0.717) is 6.04 Å². The average molecular weight is 220 g/mol. The maximum absolute atomic E-state index is 11.0. The fraction of sp³-hybridized carbons (Fsp3) is 0.615. The predicted molar refractivity (Wildman–Crippen MR) is 65.5 cm³/mol. The summed E-state index contributed by atoms with van der Waals surface area (Å²) in [6.45, 7) is 4.61. The smallest absolute Gasteiger partial charge is 0.247 e. The van der Waals surface area contributed by atoms with E-state index in [9.17, 15) is 4.79 Å². The monoisotopic (exact) mass is 220 g/mol. The molecule has 0 radical (unpaired) electrons. The fourth-order valence-corrected chi connectivity index (χ4v) is 2.46. The summed E-state index contributed by atoms with van der Waals surface area (Å²) >= 11 is 0. The van der Waals surface area contributed by atoms with Gasteiger partial charge in [0.1, 0.15) is 0 Å². The van der Waals surface area contributed by atoms with Gasteiger partial charge in [-0.15, -0.1) is 0 Å². The molecule has 1 unspecified atom stereocenters. The van der Waals surface area contributed by atoms with Gasteiger partial charge in [0, 0.05) is 18.3 Å². The molecule has 3 heteroatoms. The molecule has 0 aliphatic carbocycles. The summed E-state index contributed by atoms with van der Waals surface area (Å²) < 4.78 is 0. The first kappa shape index (κ1) is 11.4. The SMILES string of the molecule is CCCCN1CCCC1c1ccc(=O)[nH]c1. The highest BCUT2D eigenvalue weighted by Gasteiger charge is 2.25. The molecule has 1 atom stereocenters. The Morgan fingerprint density at radius 1 is 1.50 bits per heavy atom. The third-order valence-electron chi connectivity index (χ3n) is 3.36. The molecular weight excluding hydrogens is 200 g/mol. The van der Waals surface area contributed by atoms with Crippen LogP contribution in [0.25, 0.3) is 0 Å². The van der Waals surface area contributed by atoms with Crippen LogP contribution in [0.15, 0.2) is 23.1 Å². The number of nitrogens with one attached hydrogen (secondary N) is 1. The average Bonchev–Trinajstić information content (AvgIpc) is 2.75. The van der Waals surface area contributed by atoms with E-state index in [-0.39, 0.29) is 5.56 Å². The van der Waals surface area contributed by atoms with Gasteiger partial charge in [-0.3, -0.25) is 9.69 Å². The van der Waals surface area contributed by atoms with Gasteiger partial charge < -0.3 is 4.98 Å². The minimum absolute atomic E-state index is 0.0122. The number of hydrogen-bond acceptors (Lipinski definition) is 2. The van der Waals surface area contributed by atoms with E-state index in [1.807, 2.05) is 12.3 Å². The van der Waals surface area contributed by atoms with Gasteiger partial charge in [-0.1, -0.05) is 19.4 Å². The van der Waals surface area contributed by atoms with Gasteiger partial charge in [-0.25, -0.2) is 0 Å². The van der Waals surface area contributed by atoms with Crippen molar-refractivity contribution in [1.29, 1.82) is 0 Å². The Morgan fingerprint density at radius 2 is 2.38 bits per heavy atom. The molecule has 1 fully saturated rings. The van der Waals surface area contributed by atoms with Crippen LogP contribution in [0.1, 0.15) is 44.2 Å². The first-order valence-electron chi connectivity index (χ1n) is 6.24. The highest BCUT2D eigenvalue weighted by atomic mass is 16.1. The molecule has 0 amide bonds. The molecule has 0 saturated carbocycles. The first-order valence-corrected chi connectivity index (χ1v) is 6.24. The van der Waals surface area contributed by atoms with Gasteiger partial charge >= 0.3 is 0 Å². The van der Waals surface area contributed by atoms with E-state index in [1.165, 1.54) is 44.3 Å². The number of H-pyrrole nitrogens is 1. The number of nitrogens with zero attached hydrogens (tertiary/aromatic N) is 1. The second-order valence-corrected chi connectivity index (χ2v) is 4.53. The summed E-state index contributed by atoms with van der Waals surface area (Å²) in [6, 6.07) is 4.11. The quantitative estimate of drug-likeness (QED) is 0.845. The van der Waals surface area contributed by atoms with Gasteiger partial charge in [0.05, 0.1) is 0 Å². The van der Waals surface area contributed by atoms with Crippen LogP contribution in [0.4, 0.5) is 0 Å². The van der Waals surface area contributed by atoms with Gasteiger partial charge in [0.2, 0.25) is 5.56 Å². The Kier molecular flexibility index (Phi) is 3.78. The molecular formula is C13H20N2O. The maximum atomic E-state index is 11.0. The summed E-state index contributed by atoms with van der Waals surface area (Å²) in [5, 5.41) is 0. The van der Waals surface area contributed by atoms with Crippen molar-refractivity contribution in [1.82, 2.24) is 9.88 Å². The van der Waals surface area contributed by atoms with Crippen molar-refractivity contribution >= 4 is 0 Å². The lowest BCUT2D eigenvalue weighted by molar-refractivity contribution is 0.253. The molecule has 1 aliphatic rings. The lowest BCUT2D eigenvalue weighted by Crippen LogP contribution is -2.24. The number of aromatic nitrogens is 1. The number of rotatable bonds is 4. The molecule has 1 saturated heterocycles. The van der Waals surface area contributed by atoms with Crippen LogP contribution in [0.3, 0.4) is 0 Å². The molecule has 2 heterocycles. The van der Waals surface area contributed by atoms with Gasteiger partial charge in [-0.05, 0) is 37.9 Å². The molecule has 2 rings (SSSR count). The van der Waals surface area contributed by atoms with Crippen LogP contribution in [-0.4, -0.2) is 23.0 Å². The van der Waals surface area contributed by atoms with Crippen molar-refractivity contribution < 1.29 is 0 Å². The Balaban J connectivity index is 2.07. The molecule has 1 aliphatic heterocycles. The summed E-state index contributed by atoms with van der Waals surface area (Å²) in [5.41, 5.74) is 1.25.